The molecule has 1 rings (SSSR count). The van der Waals surface area contributed by atoms with Gasteiger partial charge in [-0.3, -0.25) is 4.79 Å². The Hall–Kier alpha value is -0.780. The van der Waals surface area contributed by atoms with Crippen LogP contribution in [0.15, 0.2) is 4.52 Å². The molecule has 0 aromatic carbocycles. The summed E-state index contributed by atoms with van der Waals surface area (Å²) < 4.78 is 4.81. The second-order valence-electron chi connectivity index (χ2n) is 4.79. The molecule has 0 aliphatic rings. The van der Waals surface area contributed by atoms with Gasteiger partial charge in [0.1, 0.15) is 0 Å². The number of carbonyl (C=O) groups excluding carboxylic acids is 1. The van der Waals surface area contributed by atoms with E-state index in [9.17, 15) is 4.79 Å². The van der Waals surface area contributed by atoms with E-state index in [-0.39, 0.29) is 23.5 Å². The van der Waals surface area contributed by atoms with E-state index >= 15 is 0 Å². The second kappa shape index (κ2) is 6.97. The Labute approximate surface area is 118 Å². The molecule has 0 saturated heterocycles. The molecule has 0 fully saturated rings. The van der Waals surface area contributed by atoms with E-state index < -0.39 is 5.54 Å². The maximum atomic E-state index is 11.5. The Balaban J connectivity index is 0.00000289. The number of amides is 1. The van der Waals surface area contributed by atoms with Gasteiger partial charge in [-0.05, 0) is 38.8 Å². The van der Waals surface area contributed by atoms with Gasteiger partial charge in [-0.15, -0.1) is 12.4 Å². The third-order valence-corrected chi connectivity index (χ3v) is 2.58. The predicted molar refractivity (Wildman–Crippen MR) is 73.1 cm³/mol. The molecule has 3 N–H and O–H groups in total. The summed E-state index contributed by atoms with van der Waals surface area (Å²) >= 11 is 5.80. The van der Waals surface area contributed by atoms with Crippen LogP contribution in [0.1, 0.15) is 31.5 Å². The van der Waals surface area contributed by atoms with Gasteiger partial charge in [0.2, 0.25) is 11.1 Å². The summed E-state index contributed by atoms with van der Waals surface area (Å²) in [5.74, 6) is -0.0554. The van der Waals surface area contributed by atoms with Crippen LogP contribution in [0.4, 0.5) is 0 Å². The highest BCUT2D eigenvalue weighted by Gasteiger charge is 2.15. The van der Waals surface area contributed by atoms with Crippen molar-refractivity contribution in [3.63, 3.8) is 0 Å². The van der Waals surface area contributed by atoms with Gasteiger partial charge in [-0.25, -0.2) is 0 Å². The van der Waals surface area contributed by atoms with Gasteiger partial charge >= 0.3 is 0 Å². The molecule has 0 aliphatic heterocycles. The van der Waals surface area contributed by atoms with Gasteiger partial charge in [0.15, 0.2) is 0 Å². The number of halogens is 2. The van der Waals surface area contributed by atoms with Gasteiger partial charge in [-0.2, -0.15) is 0 Å². The van der Waals surface area contributed by atoms with Crippen LogP contribution in [0.3, 0.4) is 0 Å². The van der Waals surface area contributed by atoms with Gasteiger partial charge in [0, 0.05) is 24.1 Å². The molecule has 5 nitrogen and oxygen atoms in total. The molecule has 0 saturated carbocycles. The van der Waals surface area contributed by atoms with Gasteiger partial charge < -0.3 is 15.6 Å². The van der Waals surface area contributed by atoms with Crippen molar-refractivity contribution in [2.24, 2.45) is 5.73 Å². The van der Waals surface area contributed by atoms with Gasteiger partial charge in [-0.1, -0.05) is 5.16 Å². The zero-order valence-electron chi connectivity index (χ0n) is 10.7. The molecule has 0 unspecified atom stereocenters. The number of nitrogens with two attached hydrogens (primary N) is 1. The van der Waals surface area contributed by atoms with Gasteiger partial charge in [0.05, 0.1) is 5.69 Å². The summed E-state index contributed by atoms with van der Waals surface area (Å²) in [4.78, 5) is 11.5. The summed E-state index contributed by atoms with van der Waals surface area (Å²) in [6.45, 7) is 5.95. The minimum Gasteiger partial charge on any atom is -0.354 e. The predicted octanol–water partition coefficient (Wildman–Crippen LogP) is 1.84. The van der Waals surface area contributed by atoms with Crippen molar-refractivity contribution >= 4 is 29.9 Å². The zero-order valence-corrected chi connectivity index (χ0v) is 12.3. The van der Waals surface area contributed by atoms with Crippen molar-refractivity contribution in [3.8, 4) is 0 Å². The molecule has 1 aromatic rings. The number of aryl methyl sites for hydroxylation is 1. The lowest BCUT2D eigenvalue weighted by Gasteiger charge is -2.18. The molecule has 1 aromatic heterocycles. The summed E-state index contributed by atoms with van der Waals surface area (Å²) in [7, 11) is 0. The summed E-state index contributed by atoms with van der Waals surface area (Å²) in [6.07, 6.45) is 0.864. The standard InChI is InChI=1S/C11H18ClN3O2.ClH/c1-7-8(10(12)17-15-7)4-5-9(16)14-6-11(2,3)13;/h4-6,13H2,1-3H3,(H,14,16);1H. The van der Waals surface area contributed by atoms with Crippen molar-refractivity contribution < 1.29 is 9.32 Å². The average Bonchev–Trinajstić information content (AvgIpc) is 2.52. The van der Waals surface area contributed by atoms with Crippen molar-refractivity contribution in [1.82, 2.24) is 10.5 Å². The molecule has 104 valence electrons. The van der Waals surface area contributed by atoms with Crippen LogP contribution >= 0.6 is 24.0 Å². The Morgan fingerprint density at radius 3 is 2.61 bits per heavy atom. The molecule has 0 bridgehead atoms. The number of hydrogen-bond acceptors (Lipinski definition) is 4. The van der Waals surface area contributed by atoms with Crippen molar-refractivity contribution in [3.05, 3.63) is 16.5 Å². The SMILES string of the molecule is Cc1noc(Cl)c1CCC(=O)NCC(C)(C)N.Cl. The van der Waals surface area contributed by atoms with Crippen LogP contribution in [0.25, 0.3) is 0 Å². The largest absolute Gasteiger partial charge is 0.354 e. The van der Waals surface area contributed by atoms with E-state index in [1.807, 2.05) is 13.8 Å². The zero-order chi connectivity index (χ0) is 13.1. The van der Waals surface area contributed by atoms with Crippen LogP contribution in [-0.2, 0) is 11.2 Å². The topological polar surface area (TPSA) is 81.2 Å². The molecular formula is C11H19Cl2N3O2. The molecule has 18 heavy (non-hydrogen) atoms. The first-order valence-corrected chi connectivity index (χ1v) is 5.83. The van der Waals surface area contributed by atoms with Crippen LogP contribution in [0, 0.1) is 6.92 Å². The van der Waals surface area contributed by atoms with Crippen LogP contribution in [0.5, 0.6) is 0 Å². The van der Waals surface area contributed by atoms with Crippen LogP contribution in [-0.4, -0.2) is 23.1 Å². The van der Waals surface area contributed by atoms with E-state index in [4.69, 9.17) is 21.9 Å². The fraction of sp³-hybridized carbons (Fsp3) is 0.636. The lowest BCUT2D eigenvalue weighted by molar-refractivity contribution is -0.121. The minimum atomic E-state index is -0.402. The fourth-order valence-corrected chi connectivity index (χ4v) is 1.56. The molecular weight excluding hydrogens is 277 g/mol. The number of nitrogens with zero attached hydrogens (tertiary/aromatic N) is 1. The smallest absolute Gasteiger partial charge is 0.229 e. The second-order valence-corrected chi connectivity index (χ2v) is 5.13. The summed E-state index contributed by atoms with van der Waals surface area (Å²) in [5.41, 5.74) is 6.87. The third kappa shape index (κ3) is 5.71. The van der Waals surface area contributed by atoms with E-state index in [1.54, 1.807) is 6.92 Å². The normalized spacial score (nSPS) is 10.9. The molecule has 1 heterocycles. The quantitative estimate of drug-likeness (QED) is 0.868. The first kappa shape index (κ1) is 17.2. The summed E-state index contributed by atoms with van der Waals surface area (Å²) in [5, 5.41) is 6.75. The lowest BCUT2D eigenvalue weighted by Crippen LogP contribution is -2.45. The van der Waals surface area contributed by atoms with Crippen molar-refractivity contribution in [2.75, 3.05) is 6.54 Å². The molecule has 0 spiro atoms. The average molecular weight is 296 g/mol. The van der Waals surface area contributed by atoms with Crippen LogP contribution < -0.4 is 11.1 Å². The lowest BCUT2D eigenvalue weighted by atomic mass is 10.1. The molecule has 1 amide bonds. The Bertz CT molecular complexity index is 380. The number of rotatable bonds is 5. The number of aromatic nitrogens is 1. The summed E-state index contributed by atoms with van der Waals surface area (Å²) in [6, 6.07) is 0. The number of hydrogen-bond donors (Lipinski definition) is 2. The highest BCUT2D eigenvalue weighted by Crippen LogP contribution is 2.20. The third-order valence-electron chi connectivity index (χ3n) is 2.28. The maximum Gasteiger partial charge on any atom is 0.229 e. The minimum absolute atomic E-state index is 0. The Morgan fingerprint density at radius 1 is 1.56 bits per heavy atom. The van der Waals surface area contributed by atoms with Crippen molar-refractivity contribution in [1.29, 1.82) is 0 Å². The van der Waals surface area contributed by atoms with E-state index in [0.717, 1.165) is 11.3 Å². The van der Waals surface area contributed by atoms with E-state index in [0.29, 0.717) is 19.4 Å². The Morgan fingerprint density at radius 2 is 2.17 bits per heavy atom. The van der Waals surface area contributed by atoms with Crippen molar-refractivity contribution in [2.45, 2.75) is 39.2 Å². The fourth-order valence-electron chi connectivity index (χ4n) is 1.29. The molecule has 0 aliphatic carbocycles. The highest BCUT2D eigenvalue weighted by atomic mass is 35.5. The monoisotopic (exact) mass is 295 g/mol. The number of nitrogens with one attached hydrogen (secondary N) is 1. The Kier molecular flexibility index (Phi) is 6.67. The molecule has 7 heteroatoms. The van der Waals surface area contributed by atoms with E-state index in [1.165, 1.54) is 0 Å². The molecule has 0 radical (unpaired) electrons. The van der Waals surface area contributed by atoms with Crippen LogP contribution in [0.2, 0.25) is 5.22 Å². The van der Waals surface area contributed by atoms with E-state index in [2.05, 4.69) is 10.5 Å². The molecule has 0 atom stereocenters. The number of carbonyl (C=O) groups is 1. The first-order valence-electron chi connectivity index (χ1n) is 5.46. The van der Waals surface area contributed by atoms with Gasteiger partial charge in [0.25, 0.3) is 0 Å². The highest BCUT2D eigenvalue weighted by molar-refractivity contribution is 6.29. The first-order chi connectivity index (χ1) is 7.79. The maximum absolute atomic E-state index is 11.5.